The van der Waals surface area contributed by atoms with Crippen molar-refractivity contribution in [3.63, 3.8) is 0 Å². The zero-order valence-corrected chi connectivity index (χ0v) is 17.0. The van der Waals surface area contributed by atoms with Crippen LogP contribution >= 0.6 is 0 Å². The predicted molar refractivity (Wildman–Crippen MR) is 110 cm³/mol. The van der Waals surface area contributed by atoms with Crippen LogP contribution in [0, 0.1) is 11.7 Å². The highest BCUT2D eigenvalue weighted by molar-refractivity contribution is 5.93. The number of carbonyl (C=O) groups excluding carboxylic acids is 1. The quantitative estimate of drug-likeness (QED) is 0.514. The van der Waals surface area contributed by atoms with E-state index >= 15 is 0 Å². The molecule has 1 aliphatic rings. The molecule has 0 spiro atoms. The van der Waals surface area contributed by atoms with Crippen LogP contribution in [0.5, 0.6) is 5.75 Å². The number of carbonyl (C=O) groups is 1. The first-order valence-electron chi connectivity index (χ1n) is 9.38. The van der Waals surface area contributed by atoms with Crippen LogP contribution in [0.3, 0.4) is 0 Å². The largest absolute Gasteiger partial charge is 0.488 e. The highest BCUT2D eigenvalue weighted by Gasteiger charge is 2.27. The Labute approximate surface area is 169 Å². The van der Waals surface area contributed by atoms with Crippen LogP contribution in [-0.4, -0.2) is 48.2 Å². The van der Waals surface area contributed by atoms with Crippen LogP contribution in [0.4, 0.5) is 14.9 Å². The van der Waals surface area contributed by atoms with Gasteiger partial charge < -0.3 is 31.6 Å². The number of guanidine groups is 2. The van der Waals surface area contributed by atoms with Gasteiger partial charge in [-0.25, -0.2) is 14.2 Å². The van der Waals surface area contributed by atoms with Gasteiger partial charge in [0.25, 0.3) is 0 Å². The Kier molecular flexibility index (Phi) is 7.24. The average molecular weight is 408 g/mol. The molecule has 29 heavy (non-hydrogen) atoms. The van der Waals surface area contributed by atoms with Crippen LogP contribution in [0.25, 0.3) is 0 Å². The second-order valence-corrected chi connectivity index (χ2v) is 7.82. The number of para-hydroxylation sites is 1. The van der Waals surface area contributed by atoms with Crippen molar-refractivity contribution in [1.82, 2.24) is 4.90 Å². The number of hydrogen-bond donors (Lipinski definition) is 3. The lowest BCUT2D eigenvalue weighted by molar-refractivity contribution is 0.0164. The standard InChI is InChI=1S/C19H29FN6O3/c1-19(2,3)29-18(27)26-9-7-12(8-10-26)11-28-15-13(20)5-4-6-14(15)24-17(23)25-16(21)22/h4-6,12H,7-11H2,1-3H3,(H6,21,22,23,24,25). The second-order valence-electron chi connectivity index (χ2n) is 7.82. The van der Waals surface area contributed by atoms with Gasteiger partial charge in [-0.1, -0.05) is 6.07 Å². The number of aliphatic imine (C=N–C) groups is 2. The molecule has 9 nitrogen and oxygen atoms in total. The molecule has 160 valence electrons. The summed E-state index contributed by atoms with van der Waals surface area (Å²) >= 11 is 0. The third kappa shape index (κ3) is 7.13. The Morgan fingerprint density at radius 3 is 2.48 bits per heavy atom. The third-order valence-electron chi connectivity index (χ3n) is 4.15. The number of hydrogen-bond acceptors (Lipinski definition) is 4. The van der Waals surface area contributed by atoms with Crippen molar-refractivity contribution in [3.8, 4) is 5.75 Å². The molecule has 0 unspecified atom stereocenters. The topological polar surface area (TPSA) is 142 Å². The first-order chi connectivity index (χ1) is 13.5. The number of amides is 1. The van der Waals surface area contributed by atoms with Crippen molar-refractivity contribution in [2.75, 3.05) is 19.7 Å². The van der Waals surface area contributed by atoms with E-state index in [1.54, 1.807) is 11.0 Å². The van der Waals surface area contributed by atoms with Gasteiger partial charge in [0.15, 0.2) is 17.5 Å². The normalized spacial score (nSPS) is 15.7. The first-order valence-corrected chi connectivity index (χ1v) is 9.38. The van der Waals surface area contributed by atoms with Gasteiger partial charge in [-0.05, 0) is 51.7 Å². The summed E-state index contributed by atoms with van der Waals surface area (Å²) in [6.07, 6.45) is 1.13. The molecule has 0 atom stereocenters. The van der Waals surface area contributed by atoms with Crippen LogP contribution in [-0.2, 0) is 4.74 Å². The van der Waals surface area contributed by atoms with Gasteiger partial charge in [0.2, 0.25) is 5.96 Å². The lowest BCUT2D eigenvalue weighted by Gasteiger charge is -2.33. The number of nitrogens with zero attached hydrogens (tertiary/aromatic N) is 3. The fourth-order valence-electron chi connectivity index (χ4n) is 2.82. The maximum Gasteiger partial charge on any atom is 0.410 e. The molecule has 0 saturated carbocycles. The minimum atomic E-state index is -0.560. The summed E-state index contributed by atoms with van der Waals surface area (Å²) in [6, 6.07) is 4.32. The van der Waals surface area contributed by atoms with Crippen LogP contribution in [0.2, 0.25) is 0 Å². The molecule has 2 rings (SSSR count). The summed E-state index contributed by atoms with van der Waals surface area (Å²) in [5.41, 5.74) is 15.8. The molecule has 0 radical (unpaired) electrons. The molecular formula is C19H29FN6O3. The summed E-state index contributed by atoms with van der Waals surface area (Å²) in [5, 5.41) is 0. The van der Waals surface area contributed by atoms with E-state index in [-0.39, 0.29) is 42.0 Å². The average Bonchev–Trinajstić information content (AvgIpc) is 2.59. The minimum absolute atomic E-state index is 0.0178. The zero-order chi connectivity index (χ0) is 21.6. The Morgan fingerprint density at radius 2 is 1.90 bits per heavy atom. The van der Waals surface area contributed by atoms with Crippen molar-refractivity contribution >= 4 is 23.7 Å². The molecule has 0 bridgehead atoms. The van der Waals surface area contributed by atoms with E-state index in [0.29, 0.717) is 13.1 Å². The number of piperidine rings is 1. The monoisotopic (exact) mass is 408 g/mol. The molecule has 1 fully saturated rings. The Morgan fingerprint density at radius 1 is 1.24 bits per heavy atom. The third-order valence-corrected chi connectivity index (χ3v) is 4.15. The molecule has 0 aromatic heterocycles. The number of halogens is 1. The zero-order valence-electron chi connectivity index (χ0n) is 17.0. The Balaban J connectivity index is 1.96. The molecule has 0 aliphatic carbocycles. The van der Waals surface area contributed by atoms with Crippen molar-refractivity contribution in [2.24, 2.45) is 33.1 Å². The summed E-state index contributed by atoms with van der Waals surface area (Å²) in [5.74, 6) is -0.862. The molecule has 1 aromatic carbocycles. The van der Waals surface area contributed by atoms with Crippen molar-refractivity contribution in [1.29, 1.82) is 0 Å². The molecule has 6 N–H and O–H groups in total. The number of likely N-dealkylation sites (tertiary alicyclic amines) is 1. The summed E-state index contributed by atoms with van der Waals surface area (Å²) in [6.45, 7) is 6.90. The maximum atomic E-state index is 14.3. The fraction of sp³-hybridized carbons (Fsp3) is 0.526. The molecule has 1 heterocycles. The lowest BCUT2D eigenvalue weighted by Crippen LogP contribution is -2.42. The van der Waals surface area contributed by atoms with E-state index < -0.39 is 11.4 Å². The molecule has 10 heteroatoms. The summed E-state index contributed by atoms with van der Waals surface area (Å²) < 4.78 is 25.3. The minimum Gasteiger partial charge on any atom is -0.488 e. The number of ether oxygens (including phenoxy) is 2. The van der Waals surface area contributed by atoms with Crippen molar-refractivity contribution < 1.29 is 18.7 Å². The van der Waals surface area contributed by atoms with Crippen LogP contribution in [0.1, 0.15) is 33.6 Å². The van der Waals surface area contributed by atoms with E-state index in [4.69, 9.17) is 26.7 Å². The van der Waals surface area contributed by atoms with E-state index in [9.17, 15) is 9.18 Å². The smallest absolute Gasteiger partial charge is 0.410 e. The fourth-order valence-corrected chi connectivity index (χ4v) is 2.82. The van der Waals surface area contributed by atoms with E-state index in [1.807, 2.05) is 20.8 Å². The van der Waals surface area contributed by atoms with Crippen molar-refractivity contribution in [3.05, 3.63) is 24.0 Å². The Hall–Kier alpha value is -3.04. The molecule has 1 amide bonds. The van der Waals surface area contributed by atoms with E-state index in [1.165, 1.54) is 12.1 Å². The van der Waals surface area contributed by atoms with Gasteiger partial charge in [-0.3, -0.25) is 0 Å². The van der Waals surface area contributed by atoms with Gasteiger partial charge in [-0.15, -0.1) is 0 Å². The maximum absolute atomic E-state index is 14.3. The summed E-state index contributed by atoms with van der Waals surface area (Å²) in [7, 11) is 0. The molecule has 1 aliphatic heterocycles. The van der Waals surface area contributed by atoms with Crippen LogP contribution in [0.15, 0.2) is 28.2 Å². The molecular weight excluding hydrogens is 379 g/mol. The number of rotatable bonds is 4. The van der Waals surface area contributed by atoms with E-state index in [0.717, 1.165) is 12.8 Å². The van der Waals surface area contributed by atoms with Gasteiger partial charge in [0, 0.05) is 13.1 Å². The lowest BCUT2D eigenvalue weighted by atomic mass is 9.98. The second kappa shape index (κ2) is 9.44. The Bertz CT molecular complexity index is 779. The number of nitrogens with two attached hydrogens (primary N) is 3. The predicted octanol–water partition coefficient (Wildman–Crippen LogP) is 2.07. The van der Waals surface area contributed by atoms with E-state index in [2.05, 4.69) is 9.98 Å². The first kappa shape index (κ1) is 22.3. The highest BCUT2D eigenvalue weighted by atomic mass is 19.1. The van der Waals surface area contributed by atoms with Gasteiger partial charge in [0.05, 0.1) is 6.61 Å². The highest BCUT2D eigenvalue weighted by Crippen LogP contribution is 2.31. The van der Waals surface area contributed by atoms with Crippen LogP contribution < -0.4 is 21.9 Å². The van der Waals surface area contributed by atoms with Gasteiger partial charge >= 0.3 is 6.09 Å². The summed E-state index contributed by atoms with van der Waals surface area (Å²) in [4.78, 5) is 21.4. The van der Waals surface area contributed by atoms with Crippen molar-refractivity contribution in [2.45, 2.75) is 39.2 Å². The number of benzene rings is 1. The van der Waals surface area contributed by atoms with Gasteiger partial charge in [-0.2, -0.15) is 4.99 Å². The SMILES string of the molecule is CC(C)(C)OC(=O)N1CCC(COc2c(F)cccc2N=C(N)N=C(N)N)CC1. The molecule has 1 aromatic rings. The molecule has 1 saturated heterocycles. The van der Waals surface area contributed by atoms with Gasteiger partial charge in [0.1, 0.15) is 11.3 Å².